The molecule has 1 amide bonds. The van der Waals surface area contributed by atoms with Crippen LogP contribution in [0.5, 0.6) is 0 Å². The van der Waals surface area contributed by atoms with Crippen molar-refractivity contribution in [2.45, 2.75) is 0 Å². The molecule has 32 heavy (non-hydrogen) atoms. The maximum Gasteiger partial charge on any atom is 0.332 e. The number of nitrogens with zero attached hydrogens (tertiary/aromatic N) is 4. The van der Waals surface area contributed by atoms with Gasteiger partial charge in [-0.15, -0.1) is 11.3 Å². The van der Waals surface area contributed by atoms with E-state index >= 15 is 0 Å². The van der Waals surface area contributed by atoms with Crippen LogP contribution in [0.2, 0.25) is 0 Å². The van der Waals surface area contributed by atoms with E-state index in [0.717, 1.165) is 25.4 Å². The number of carbonyl (C=O) groups is 1. The van der Waals surface area contributed by atoms with Gasteiger partial charge in [0.25, 0.3) is 11.5 Å². The lowest BCUT2D eigenvalue weighted by Gasteiger charge is -2.09. The normalized spacial score (nSPS) is 11.2. The molecule has 8 nitrogen and oxygen atoms in total. The van der Waals surface area contributed by atoms with Crippen molar-refractivity contribution in [3.8, 4) is 10.6 Å². The van der Waals surface area contributed by atoms with E-state index in [2.05, 4.69) is 15.3 Å². The summed E-state index contributed by atoms with van der Waals surface area (Å²) in [7, 11) is 2.92. The molecule has 158 valence electrons. The minimum Gasteiger partial charge on any atom is -0.322 e. The molecule has 3 aromatic heterocycles. The van der Waals surface area contributed by atoms with Crippen molar-refractivity contribution in [2.24, 2.45) is 14.1 Å². The third-order valence-corrected chi connectivity index (χ3v) is 6.32. The van der Waals surface area contributed by atoms with E-state index < -0.39 is 17.2 Å². The summed E-state index contributed by atoms with van der Waals surface area (Å²) in [5, 5.41) is 3.92. The number of fused-ring (bicyclic) bond motifs is 2. The summed E-state index contributed by atoms with van der Waals surface area (Å²) in [6.07, 6.45) is 1.35. The maximum absolute atomic E-state index is 12.7. The number of pyridine rings is 1. The standard InChI is InChI=1S/C23H17N5O3S/c1-27-19-16(22(30)28(2)23(27)31)11-14(12-24-19)20(29)25-15-9-7-13(8-10-15)21-26-17-5-3-4-6-18(17)32-21/h3-12H,1-2H3,(H,25,29). The number of hydrogen-bond donors (Lipinski definition) is 1. The van der Waals surface area contributed by atoms with E-state index in [9.17, 15) is 14.4 Å². The van der Waals surface area contributed by atoms with E-state index in [0.29, 0.717) is 5.69 Å². The van der Waals surface area contributed by atoms with Crippen molar-refractivity contribution in [1.29, 1.82) is 0 Å². The molecule has 3 heterocycles. The highest BCUT2D eigenvalue weighted by Gasteiger charge is 2.14. The Labute approximate surface area is 185 Å². The van der Waals surface area contributed by atoms with Crippen LogP contribution in [0.1, 0.15) is 10.4 Å². The summed E-state index contributed by atoms with van der Waals surface area (Å²) in [5.41, 5.74) is 2.01. The number of nitrogens with one attached hydrogen (secondary N) is 1. The van der Waals surface area contributed by atoms with Crippen molar-refractivity contribution in [1.82, 2.24) is 19.1 Å². The molecule has 0 saturated heterocycles. The van der Waals surface area contributed by atoms with Gasteiger partial charge in [0.1, 0.15) is 10.7 Å². The average molecular weight is 443 g/mol. The summed E-state index contributed by atoms with van der Waals surface area (Å²) in [5.74, 6) is -0.400. The number of aromatic nitrogens is 4. The fourth-order valence-corrected chi connectivity index (χ4v) is 4.46. The third-order valence-electron chi connectivity index (χ3n) is 5.24. The summed E-state index contributed by atoms with van der Waals surface area (Å²) in [6, 6.07) is 16.8. The first-order chi connectivity index (χ1) is 15.4. The van der Waals surface area contributed by atoms with E-state index in [4.69, 9.17) is 0 Å². The van der Waals surface area contributed by atoms with Gasteiger partial charge in [-0.1, -0.05) is 12.1 Å². The molecule has 0 aliphatic heterocycles. The van der Waals surface area contributed by atoms with Crippen molar-refractivity contribution in [3.05, 3.63) is 87.2 Å². The predicted octanol–water partition coefficient (Wildman–Crippen LogP) is 3.16. The summed E-state index contributed by atoms with van der Waals surface area (Å²) in [6.45, 7) is 0. The van der Waals surface area contributed by atoms with Gasteiger partial charge in [0.05, 0.1) is 21.2 Å². The van der Waals surface area contributed by atoms with Crippen LogP contribution < -0.4 is 16.6 Å². The molecule has 5 aromatic rings. The largest absolute Gasteiger partial charge is 0.332 e. The molecule has 0 spiro atoms. The monoisotopic (exact) mass is 443 g/mol. The lowest BCUT2D eigenvalue weighted by molar-refractivity contribution is 0.102. The highest BCUT2D eigenvalue weighted by Crippen LogP contribution is 2.30. The van der Waals surface area contributed by atoms with Crippen LogP contribution >= 0.6 is 11.3 Å². The van der Waals surface area contributed by atoms with Gasteiger partial charge in [-0.2, -0.15) is 0 Å². The van der Waals surface area contributed by atoms with Crippen LogP contribution in [-0.2, 0) is 14.1 Å². The molecule has 0 unspecified atom stereocenters. The van der Waals surface area contributed by atoms with Gasteiger partial charge in [-0.3, -0.25) is 18.7 Å². The van der Waals surface area contributed by atoms with Gasteiger partial charge in [-0.25, -0.2) is 14.8 Å². The molecular weight excluding hydrogens is 426 g/mol. The number of anilines is 1. The van der Waals surface area contributed by atoms with Crippen molar-refractivity contribution in [3.63, 3.8) is 0 Å². The minimum atomic E-state index is -0.495. The second-order valence-corrected chi connectivity index (χ2v) is 8.35. The number of aryl methyl sites for hydroxylation is 1. The Balaban J connectivity index is 1.42. The number of hydrogen-bond acceptors (Lipinski definition) is 6. The number of benzene rings is 2. The lowest BCUT2D eigenvalue weighted by atomic mass is 10.2. The molecule has 0 aliphatic rings. The highest BCUT2D eigenvalue weighted by atomic mass is 32.1. The maximum atomic E-state index is 12.7. The Bertz CT molecular complexity index is 1600. The number of para-hydroxylation sites is 1. The van der Waals surface area contributed by atoms with Crippen LogP contribution in [0.3, 0.4) is 0 Å². The number of carbonyl (C=O) groups excluding carboxylic acids is 1. The van der Waals surface area contributed by atoms with Crippen LogP contribution in [-0.4, -0.2) is 25.0 Å². The van der Waals surface area contributed by atoms with Crippen LogP contribution in [0.4, 0.5) is 5.69 Å². The first-order valence-corrected chi connectivity index (χ1v) is 10.6. The van der Waals surface area contributed by atoms with E-state index in [1.54, 1.807) is 23.5 Å². The number of thiazole rings is 1. The first kappa shape index (κ1) is 19.8. The van der Waals surface area contributed by atoms with Gasteiger partial charge >= 0.3 is 5.69 Å². The molecule has 0 bridgehead atoms. The van der Waals surface area contributed by atoms with Crippen molar-refractivity contribution in [2.75, 3.05) is 5.32 Å². The molecule has 0 saturated carbocycles. The van der Waals surface area contributed by atoms with Crippen molar-refractivity contribution >= 4 is 44.2 Å². The molecule has 0 aliphatic carbocycles. The topological polar surface area (TPSA) is 98.9 Å². The predicted molar refractivity (Wildman–Crippen MR) is 125 cm³/mol. The summed E-state index contributed by atoms with van der Waals surface area (Å²) < 4.78 is 3.39. The second kappa shape index (κ2) is 7.54. The Morgan fingerprint density at radius 1 is 1.00 bits per heavy atom. The molecule has 0 atom stereocenters. The zero-order valence-corrected chi connectivity index (χ0v) is 18.0. The third kappa shape index (κ3) is 3.28. The first-order valence-electron chi connectivity index (χ1n) is 9.75. The second-order valence-electron chi connectivity index (χ2n) is 7.32. The highest BCUT2D eigenvalue weighted by molar-refractivity contribution is 7.21. The zero-order chi connectivity index (χ0) is 22.4. The van der Waals surface area contributed by atoms with Gasteiger partial charge in [-0.05, 0) is 42.5 Å². The van der Waals surface area contributed by atoms with Gasteiger partial charge in [0.2, 0.25) is 0 Å². The minimum absolute atomic E-state index is 0.202. The summed E-state index contributed by atoms with van der Waals surface area (Å²) >= 11 is 1.61. The van der Waals surface area contributed by atoms with Crippen LogP contribution in [0.15, 0.2) is 70.4 Å². The lowest BCUT2D eigenvalue weighted by Crippen LogP contribution is -2.37. The molecule has 0 fully saturated rings. The van der Waals surface area contributed by atoms with Crippen molar-refractivity contribution < 1.29 is 4.79 Å². The Morgan fingerprint density at radius 2 is 1.75 bits per heavy atom. The molecule has 2 aromatic carbocycles. The molecule has 9 heteroatoms. The number of amides is 1. The smallest absolute Gasteiger partial charge is 0.322 e. The average Bonchev–Trinajstić information content (AvgIpc) is 3.26. The van der Waals surface area contributed by atoms with E-state index in [1.807, 2.05) is 36.4 Å². The molecule has 0 radical (unpaired) electrons. The fraction of sp³-hybridized carbons (Fsp3) is 0.0870. The Hall–Kier alpha value is -4.11. The van der Waals surface area contributed by atoms with E-state index in [1.165, 1.54) is 30.9 Å². The number of rotatable bonds is 3. The zero-order valence-electron chi connectivity index (χ0n) is 17.2. The Morgan fingerprint density at radius 3 is 2.50 bits per heavy atom. The van der Waals surface area contributed by atoms with E-state index in [-0.39, 0.29) is 16.6 Å². The Kier molecular flexibility index (Phi) is 4.67. The molecule has 1 N–H and O–H groups in total. The fourth-order valence-electron chi connectivity index (χ4n) is 3.48. The SMILES string of the molecule is Cn1c(=O)c2cc(C(=O)Nc3ccc(-c4nc5ccccc5s4)cc3)cnc2n(C)c1=O. The summed E-state index contributed by atoms with van der Waals surface area (Å²) in [4.78, 5) is 46.0. The quantitative estimate of drug-likeness (QED) is 0.462. The van der Waals surface area contributed by atoms with Gasteiger partial charge in [0, 0.05) is 31.5 Å². The molecule has 5 rings (SSSR count). The molecular formula is C23H17N5O3S. The van der Waals surface area contributed by atoms with Crippen LogP contribution in [0.25, 0.3) is 31.8 Å². The van der Waals surface area contributed by atoms with Gasteiger partial charge < -0.3 is 5.32 Å². The van der Waals surface area contributed by atoms with Crippen LogP contribution in [0, 0.1) is 0 Å². The van der Waals surface area contributed by atoms with Gasteiger partial charge in [0.15, 0.2) is 0 Å².